The number of furan rings is 1. The Kier molecular flexibility index (Phi) is 5.60. The van der Waals surface area contributed by atoms with E-state index in [4.69, 9.17) is 14.3 Å². The SMILES string of the molecule is COCC(NC(=O)C1CCC(C(=O)O)CC1)c1ccc(C)o1. The second kappa shape index (κ2) is 7.45. The third-order valence-corrected chi connectivity index (χ3v) is 4.20. The van der Waals surface area contributed by atoms with Gasteiger partial charge in [0.05, 0.1) is 12.5 Å². The van der Waals surface area contributed by atoms with Gasteiger partial charge in [0.15, 0.2) is 0 Å². The summed E-state index contributed by atoms with van der Waals surface area (Å²) in [4.78, 5) is 23.3. The lowest BCUT2D eigenvalue weighted by Crippen LogP contribution is -2.38. The number of methoxy groups -OCH3 is 1. The van der Waals surface area contributed by atoms with Crippen LogP contribution in [0.5, 0.6) is 0 Å². The zero-order valence-electron chi connectivity index (χ0n) is 13.0. The molecule has 1 saturated carbocycles. The minimum Gasteiger partial charge on any atom is -0.481 e. The summed E-state index contributed by atoms with van der Waals surface area (Å²) in [5.74, 6) is 0.193. The largest absolute Gasteiger partial charge is 0.481 e. The molecule has 1 aliphatic rings. The maximum atomic E-state index is 12.4. The van der Waals surface area contributed by atoms with Gasteiger partial charge in [0.25, 0.3) is 0 Å². The van der Waals surface area contributed by atoms with E-state index in [0.29, 0.717) is 38.1 Å². The Morgan fingerprint density at radius 1 is 1.32 bits per heavy atom. The molecule has 0 bridgehead atoms. The molecule has 2 rings (SSSR count). The highest BCUT2D eigenvalue weighted by atomic mass is 16.5. The van der Waals surface area contributed by atoms with Crippen LogP contribution in [0.3, 0.4) is 0 Å². The fourth-order valence-electron chi connectivity index (χ4n) is 2.89. The molecular weight excluding hydrogens is 286 g/mol. The number of rotatable bonds is 6. The molecule has 1 aliphatic carbocycles. The molecule has 0 radical (unpaired) electrons. The van der Waals surface area contributed by atoms with Crippen LogP contribution in [0.4, 0.5) is 0 Å². The van der Waals surface area contributed by atoms with Gasteiger partial charge in [0.1, 0.15) is 17.6 Å². The first-order chi connectivity index (χ1) is 10.5. The van der Waals surface area contributed by atoms with E-state index in [1.807, 2.05) is 19.1 Å². The summed E-state index contributed by atoms with van der Waals surface area (Å²) in [6, 6.07) is 3.37. The van der Waals surface area contributed by atoms with Crippen molar-refractivity contribution in [1.29, 1.82) is 0 Å². The predicted molar refractivity (Wildman–Crippen MR) is 79.3 cm³/mol. The summed E-state index contributed by atoms with van der Waals surface area (Å²) in [6.45, 7) is 2.19. The molecule has 1 heterocycles. The normalized spacial score (nSPS) is 23.0. The molecule has 1 fully saturated rings. The van der Waals surface area contributed by atoms with Crippen molar-refractivity contribution in [3.05, 3.63) is 23.7 Å². The van der Waals surface area contributed by atoms with Crippen molar-refractivity contribution in [2.75, 3.05) is 13.7 Å². The van der Waals surface area contributed by atoms with Crippen LogP contribution >= 0.6 is 0 Å². The summed E-state index contributed by atoms with van der Waals surface area (Å²) < 4.78 is 10.7. The van der Waals surface area contributed by atoms with Crippen LogP contribution in [0.25, 0.3) is 0 Å². The second-order valence-corrected chi connectivity index (χ2v) is 5.85. The minimum absolute atomic E-state index is 0.0556. The zero-order chi connectivity index (χ0) is 16.1. The lowest BCUT2D eigenvalue weighted by Gasteiger charge is -2.26. The standard InChI is InChI=1S/C16H23NO5/c1-10-3-8-14(22-10)13(9-21-2)17-15(18)11-4-6-12(7-5-11)16(19)20/h3,8,11-13H,4-7,9H2,1-2H3,(H,17,18)(H,19,20). The number of hydrogen-bond acceptors (Lipinski definition) is 4. The molecule has 0 saturated heterocycles. The van der Waals surface area contributed by atoms with Gasteiger partial charge in [0, 0.05) is 13.0 Å². The van der Waals surface area contributed by atoms with Gasteiger partial charge in [-0.25, -0.2) is 0 Å². The molecule has 22 heavy (non-hydrogen) atoms. The fraction of sp³-hybridized carbons (Fsp3) is 0.625. The van der Waals surface area contributed by atoms with Gasteiger partial charge in [-0.2, -0.15) is 0 Å². The number of amides is 1. The maximum Gasteiger partial charge on any atom is 0.306 e. The van der Waals surface area contributed by atoms with Crippen molar-refractivity contribution in [2.45, 2.75) is 38.6 Å². The molecule has 122 valence electrons. The molecule has 1 unspecified atom stereocenters. The lowest BCUT2D eigenvalue weighted by atomic mass is 9.81. The molecule has 1 atom stereocenters. The van der Waals surface area contributed by atoms with E-state index in [-0.39, 0.29) is 23.8 Å². The summed E-state index contributed by atoms with van der Waals surface area (Å²) in [5.41, 5.74) is 0. The minimum atomic E-state index is -0.762. The van der Waals surface area contributed by atoms with Crippen molar-refractivity contribution < 1.29 is 23.8 Å². The number of ether oxygens (including phenoxy) is 1. The number of carboxylic acids is 1. The number of carbonyl (C=O) groups excluding carboxylic acids is 1. The van der Waals surface area contributed by atoms with Gasteiger partial charge in [-0.15, -0.1) is 0 Å². The van der Waals surface area contributed by atoms with E-state index in [1.54, 1.807) is 7.11 Å². The smallest absolute Gasteiger partial charge is 0.306 e. The van der Waals surface area contributed by atoms with Crippen molar-refractivity contribution in [1.82, 2.24) is 5.32 Å². The topological polar surface area (TPSA) is 88.8 Å². The average Bonchev–Trinajstić information content (AvgIpc) is 2.93. The molecule has 6 nitrogen and oxygen atoms in total. The Balaban J connectivity index is 1.93. The Hall–Kier alpha value is -1.82. The average molecular weight is 309 g/mol. The van der Waals surface area contributed by atoms with Gasteiger partial charge in [0.2, 0.25) is 5.91 Å². The third-order valence-electron chi connectivity index (χ3n) is 4.20. The van der Waals surface area contributed by atoms with E-state index in [2.05, 4.69) is 5.32 Å². The molecule has 6 heteroatoms. The Morgan fingerprint density at radius 3 is 2.45 bits per heavy atom. The van der Waals surface area contributed by atoms with E-state index in [9.17, 15) is 9.59 Å². The van der Waals surface area contributed by atoms with Crippen molar-refractivity contribution >= 4 is 11.9 Å². The predicted octanol–water partition coefficient (Wildman–Crippen LogP) is 2.28. The maximum absolute atomic E-state index is 12.4. The van der Waals surface area contributed by atoms with Gasteiger partial charge >= 0.3 is 5.97 Å². The van der Waals surface area contributed by atoms with E-state index in [0.717, 1.165) is 5.76 Å². The van der Waals surface area contributed by atoms with Crippen molar-refractivity contribution in [3.8, 4) is 0 Å². The van der Waals surface area contributed by atoms with Crippen LogP contribution in [0.15, 0.2) is 16.5 Å². The number of aryl methyl sites for hydroxylation is 1. The Bertz CT molecular complexity index is 516. The molecule has 1 aromatic rings. The van der Waals surface area contributed by atoms with Crippen LogP contribution in [0.2, 0.25) is 0 Å². The summed E-state index contributed by atoms with van der Waals surface area (Å²) in [6.07, 6.45) is 2.34. The summed E-state index contributed by atoms with van der Waals surface area (Å²) in [5, 5.41) is 12.0. The fourth-order valence-corrected chi connectivity index (χ4v) is 2.89. The molecule has 2 N–H and O–H groups in total. The zero-order valence-corrected chi connectivity index (χ0v) is 13.0. The number of carboxylic acid groups (broad SMARTS) is 1. The molecular formula is C16H23NO5. The monoisotopic (exact) mass is 309 g/mol. The van der Waals surface area contributed by atoms with Crippen LogP contribution in [-0.4, -0.2) is 30.7 Å². The number of carbonyl (C=O) groups is 2. The van der Waals surface area contributed by atoms with E-state index in [1.165, 1.54) is 0 Å². The Labute approximate surface area is 129 Å². The highest BCUT2D eigenvalue weighted by Crippen LogP contribution is 2.29. The number of nitrogens with one attached hydrogen (secondary N) is 1. The van der Waals surface area contributed by atoms with Gasteiger partial charge in [-0.1, -0.05) is 0 Å². The molecule has 0 aliphatic heterocycles. The van der Waals surface area contributed by atoms with Gasteiger partial charge < -0.3 is 19.6 Å². The third kappa shape index (κ3) is 4.10. The first-order valence-electron chi connectivity index (χ1n) is 7.59. The summed E-state index contributed by atoms with van der Waals surface area (Å²) in [7, 11) is 1.58. The molecule has 1 aromatic heterocycles. The van der Waals surface area contributed by atoms with Crippen LogP contribution in [0, 0.1) is 18.8 Å². The highest BCUT2D eigenvalue weighted by Gasteiger charge is 2.31. The van der Waals surface area contributed by atoms with Crippen LogP contribution < -0.4 is 5.32 Å². The molecule has 1 amide bonds. The second-order valence-electron chi connectivity index (χ2n) is 5.85. The lowest BCUT2D eigenvalue weighted by molar-refractivity contribution is -0.144. The van der Waals surface area contributed by atoms with Crippen LogP contribution in [-0.2, 0) is 14.3 Å². The molecule has 0 spiro atoms. The first kappa shape index (κ1) is 16.5. The van der Waals surface area contributed by atoms with Crippen LogP contribution in [0.1, 0.15) is 43.2 Å². The quantitative estimate of drug-likeness (QED) is 0.841. The van der Waals surface area contributed by atoms with Crippen molar-refractivity contribution in [3.63, 3.8) is 0 Å². The van der Waals surface area contributed by atoms with E-state index >= 15 is 0 Å². The first-order valence-corrected chi connectivity index (χ1v) is 7.59. The van der Waals surface area contributed by atoms with E-state index < -0.39 is 5.97 Å². The number of aliphatic carboxylic acids is 1. The summed E-state index contributed by atoms with van der Waals surface area (Å²) >= 11 is 0. The molecule has 0 aromatic carbocycles. The van der Waals surface area contributed by atoms with Gasteiger partial charge in [-0.3, -0.25) is 9.59 Å². The highest BCUT2D eigenvalue weighted by molar-refractivity contribution is 5.79. The van der Waals surface area contributed by atoms with Gasteiger partial charge in [-0.05, 0) is 44.7 Å². The number of hydrogen-bond donors (Lipinski definition) is 2. The Morgan fingerprint density at radius 2 is 1.95 bits per heavy atom. The van der Waals surface area contributed by atoms with Crippen molar-refractivity contribution in [2.24, 2.45) is 11.8 Å².